The lowest BCUT2D eigenvalue weighted by Crippen LogP contribution is -2.40. The molecule has 2 rings (SSSR count). The van der Waals surface area contributed by atoms with Crippen LogP contribution in [0, 0.1) is 0 Å². The summed E-state index contributed by atoms with van der Waals surface area (Å²) in [4.78, 5) is 5.46. The molecule has 3 nitrogen and oxygen atoms in total. The number of rotatable bonds is 3. The van der Waals surface area contributed by atoms with Gasteiger partial charge in [0.1, 0.15) is 5.82 Å². The maximum absolute atomic E-state index is 5.07. The van der Waals surface area contributed by atoms with E-state index in [1.165, 1.54) is 4.90 Å². The fourth-order valence-corrected chi connectivity index (χ4v) is 1.57. The second kappa shape index (κ2) is 3.98. The highest BCUT2D eigenvalue weighted by molar-refractivity contribution is 7.98. The zero-order valence-electron chi connectivity index (χ0n) is 7.49. The average molecular weight is 196 g/mol. The van der Waals surface area contributed by atoms with Crippen LogP contribution in [-0.2, 0) is 4.74 Å². The van der Waals surface area contributed by atoms with Gasteiger partial charge < -0.3 is 10.1 Å². The number of ether oxygens (including phenoxy) is 1. The van der Waals surface area contributed by atoms with Gasteiger partial charge in [-0.3, -0.25) is 0 Å². The van der Waals surface area contributed by atoms with Gasteiger partial charge in [0.05, 0.1) is 19.3 Å². The first kappa shape index (κ1) is 8.84. The van der Waals surface area contributed by atoms with E-state index < -0.39 is 0 Å². The highest BCUT2D eigenvalue weighted by atomic mass is 32.2. The van der Waals surface area contributed by atoms with Crippen LogP contribution < -0.4 is 5.32 Å². The maximum atomic E-state index is 5.07. The molecule has 1 aromatic rings. The molecule has 2 heterocycles. The lowest BCUT2D eigenvalue weighted by molar-refractivity contribution is 0.0209. The summed E-state index contributed by atoms with van der Waals surface area (Å²) >= 11 is 1.72. The molecule has 0 spiro atoms. The molecule has 0 aliphatic carbocycles. The van der Waals surface area contributed by atoms with Crippen molar-refractivity contribution in [1.82, 2.24) is 4.98 Å². The molecule has 4 heteroatoms. The van der Waals surface area contributed by atoms with Gasteiger partial charge in [-0.05, 0) is 18.4 Å². The van der Waals surface area contributed by atoms with Crippen LogP contribution in [0.3, 0.4) is 0 Å². The van der Waals surface area contributed by atoms with Crippen molar-refractivity contribution in [2.24, 2.45) is 0 Å². The summed E-state index contributed by atoms with van der Waals surface area (Å²) in [6.07, 6.45) is 3.89. The summed E-state index contributed by atoms with van der Waals surface area (Å²) in [5.41, 5.74) is 0. The van der Waals surface area contributed by atoms with E-state index in [1.807, 2.05) is 12.3 Å². The molecule has 0 aromatic carbocycles. The van der Waals surface area contributed by atoms with Crippen LogP contribution in [0.5, 0.6) is 0 Å². The van der Waals surface area contributed by atoms with E-state index >= 15 is 0 Å². The number of hydrogen-bond acceptors (Lipinski definition) is 4. The normalized spacial score (nSPS) is 16.7. The third-order valence-corrected chi connectivity index (χ3v) is 2.68. The molecule has 1 aromatic heterocycles. The third kappa shape index (κ3) is 2.14. The largest absolute Gasteiger partial charge is 0.377 e. The van der Waals surface area contributed by atoms with Gasteiger partial charge in [-0.15, -0.1) is 11.8 Å². The van der Waals surface area contributed by atoms with Gasteiger partial charge in [0.2, 0.25) is 0 Å². The van der Waals surface area contributed by atoms with Crippen LogP contribution in [0.4, 0.5) is 5.82 Å². The van der Waals surface area contributed by atoms with E-state index in [0.717, 1.165) is 19.0 Å². The number of thioether (sulfide) groups is 1. The maximum Gasteiger partial charge on any atom is 0.127 e. The molecule has 0 radical (unpaired) electrons. The zero-order chi connectivity index (χ0) is 9.10. The first-order valence-corrected chi connectivity index (χ1v) is 5.45. The van der Waals surface area contributed by atoms with Gasteiger partial charge in [-0.2, -0.15) is 0 Å². The minimum Gasteiger partial charge on any atom is -0.377 e. The van der Waals surface area contributed by atoms with Crippen molar-refractivity contribution >= 4 is 17.6 Å². The number of nitrogens with one attached hydrogen (secondary N) is 1. The summed E-state index contributed by atoms with van der Waals surface area (Å²) in [6.45, 7) is 1.59. The van der Waals surface area contributed by atoms with Crippen molar-refractivity contribution in [2.75, 3.05) is 24.8 Å². The van der Waals surface area contributed by atoms with Crippen molar-refractivity contribution in [1.29, 1.82) is 0 Å². The standard InChI is InChI=1S/C9H12N2OS/c1-13-8-2-3-10-9(4-8)11-7-5-12-6-7/h2-4,7H,5-6H2,1H3,(H,10,11). The van der Waals surface area contributed by atoms with Crippen molar-refractivity contribution in [3.05, 3.63) is 18.3 Å². The second-order valence-electron chi connectivity index (χ2n) is 2.96. The van der Waals surface area contributed by atoms with E-state index in [-0.39, 0.29) is 0 Å². The summed E-state index contributed by atoms with van der Waals surface area (Å²) < 4.78 is 5.07. The topological polar surface area (TPSA) is 34.2 Å². The summed E-state index contributed by atoms with van der Waals surface area (Å²) in [7, 11) is 0. The Labute approximate surface area is 81.9 Å². The van der Waals surface area contributed by atoms with E-state index in [9.17, 15) is 0 Å². The van der Waals surface area contributed by atoms with Crippen molar-refractivity contribution < 1.29 is 4.74 Å². The zero-order valence-corrected chi connectivity index (χ0v) is 8.30. The number of hydrogen-bond donors (Lipinski definition) is 1. The SMILES string of the molecule is CSc1ccnc(NC2COC2)c1. The Hall–Kier alpha value is -0.740. The quantitative estimate of drug-likeness (QED) is 0.745. The summed E-state index contributed by atoms with van der Waals surface area (Å²) in [5, 5.41) is 3.30. The van der Waals surface area contributed by atoms with Gasteiger partial charge in [-0.1, -0.05) is 0 Å². The predicted molar refractivity (Wildman–Crippen MR) is 54.2 cm³/mol. The lowest BCUT2D eigenvalue weighted by atomic mass is 10.2. The van der Waals surface area contributed by atoms with Gasteiger partial charge in [0, 0.05) is 11.1 Å². The number of nitrogens with zero attached hydrogens (tertiary/aromatic N) is 1. The van der Waals surface area contributed by atoms with Crippen molar-refractivity contribution in [2.45, 2.75) is 10.9 Å². The van der Waals surface area contributed by atoms with Crippen LogP contribution in [-0.4, -0.2) is 30.5 Å². The van der Waals surface area contributed by atoms with Gasteiger partial charge in [0.15, 0.2) is 0 Å². The van der Waals surface area contributed by atoms with E-state index in [1.54, 1.807) is 11.8 Å². The minimum absolute atomic E-state index is 0.449. The molecule has 1 aliphatic heterocycles. The van der Waals surface area contributed by atoms with E-state index in [2.05, 4.69) is 22.6 Å². The van der Waals surface area contributed by atoms with Gasteiger partial charge in [-0.25, -0.2) is 4.98 Å². The van der Waals surface area contributed by atoms with Crippen LogP contribution in [0.2, 0.25) is 0 Å². The second-order valence-corrected chi connectivity index (χ2v) is 3.84. The molecule has 0 bridgehead atoms. The van der Waals surface area contributed by atoms with Crippen molar-refractivity contribution in [3.8, 4) is 0 Å². The van der Waals surface area contributed by atoms with Crippen LogP contribution >= 0.6 is 11.8 Å². The first-order chi connectivity index (χ1) is 6.38. The Balaban J connectivity index is 2.01. The molecule has 1 fully saturated rings. The summed E-state index contributed by atoms with van der Waals surface area (Å²) in [6, 6.07) is 4.51. The number of aromatic nitrogens is 1. The molecule has 0 atom stereocenters. The molecule has 0 saturated carbocycles. The smallest absolute Gasteiger partial charge is 0.127 e. The van der Waals surface area contributed by atoms with Gasteiger partial charge >= 0.3 is 0 Å². The average Bonchev–Trinajstić information content (AvgIpc) is 2.12. The van der Waals surface area contributed by atoms with Crippen LogP contribution in [0.25, 0.3) is 0 Å². The summed E-state index contributed by atoms with van der Waals surface area (Å²) in [5.74, 6) is 0.945. The Bertz CT molecular complexity index is 289. The Morgan fingerprint density at radius 1 is 1.62 bits per heavy atom. The number of anilines is 1. The molecule has 1 N–H and O–H groups in total. The van der Waals surface area contributed by atoms with Crippen LogP contribution in [0.1, 0.15) is 0 Å². The van der Waals surface area contributed by atoms with Crippen molar-refractivity contribution in [3.63, 3.8) is 0 Å². The fraction of sp³-hybridized carbons (Fsp3) is 0.444. The fourth-order valence-electron chi connectivity index (χ4n) is 1.15. The van der Waals surface area contributed by atoms with Gasteiger partial charge in [0.25, 0.3) is 0 Å². The van der Waals surface area contributed by atoms with E-state index in [4.69, 9.17) is 4.74 Å². The molecule has 1 aliphatic rings. The Morgan fingerprint density at radius 2 is 2.46 bits per heavy atom. The molecular formula is C9H12N2OS. The van der Waals surface area contributed by atoms with E-state index in [0.29, 0.717) is 6.04 Å². The Kier molecular flexibility index (Phi) is 2.71. The highest BCUT2D eigenvalue weighted by Crippen LogP contribution is 2.18. The highest BCUT2D eigenvalue weighted by Gasteiger charge is 2.17. The first-order valence-electron chi connectivity index (χ1n) is 4.23. The Morgan fingerprint density at radius 3 is 3.08 bits per heavy atom. The molecule has 70 valence electrons. The molecule has 1 saturated heterocycles. The lowest BCUT2D eigenvalue weighted by Gasteiger charge is -2.27. The molecule has 13 heavy (non-hydrogen) atoms. The van der Waals surface area contributed by atoms with Crippen LogP contribution in [0.15, 0.2) is 23.2 Å². The number of pyridine rings is 1. The monoisotopic (exact) mass is 196 g/mol. The predicted octanol–water partition coefficient (Wildman–Crippen LogP) is 1.61. The molecular weight excluding hydrogens is 184 g/mol. The molecule has 0 unspecified atom stereocenters. The minimum atomic E-state index is 0.449. The molecule has 0 amide bonds. The third-order valence-electron chi connectivity index (χ3n) is 1.96.